The van der Waals surface area contributed by atoms with Crippen LogP contribution in [0.1, 0.15) is 127 Å². The van der Waals surface area contributed by atoms with Crippen molar-refractivity contribution in [3.8, 4) is 5.69 Å². The van der Waals surface area contributed by atoms with Gasteiger partial charge in [0.2, 0.25) is 5.91 Å². The summed E-state index contributed by atoms with van der Waals surface area (Å²) in [5.41, 5.74) is 4.44. The fourth-order valence-electron chi connectivity index (χ4n) is 11.0. The molecule has 3 aromatic heterocycles. The lowest BCUT2D eigenvalue weighted by atomic mass is 9.79. The summed E-state index contributed by atoms with van der Waals surface area (Å²) < 4.78 is 46.9. The maximum Gasteiger partial charge on any atom is 0.418 e. The Kier molecular flexibility index (Phi) is 22.6. The van der Waals surface area contributed by atoms with E-state index in [1.807, 2.05) is 63.2 Å². The highest BCUT2D eigenvalue weighted by Crippen LogP contribution is 2.36. The van der Waals surface area contributed by atoms with E-state index in [0.717, 1.165) is 82.6 Å². The molecule has 1 N–H and O–H groups in total. The number of piperidine rings is 2. The Morgan fingerprint density at radius 2 is 1.41 bits per heavy atom. The number of carbonyl (C=O) groups is 4. The molecule has 6 aromatic rings. The number of aromatic nitrogens is 5. The molecule has 3 aliphatic heterocycles. The van der Waals surface area contributed by atoms with Crippen LogP contribution in [0.25, 0.3) is 11.2 Å². The van der Waals surface area contributed by atoms with Gasteiger partial charge in [0.25, 0.3) is 0 Å². The minimum Gasteiger partial charge on any atom is -0.372 e. The quantitative estimate of drug-likeness (QED) is 0.0867. The van der Waals surface area contributed by atoms with Gasteiger partial charge in [-0.2, -0.15) is 13.2 Å². The predicted molar refractivity (Wildman–Crippen MR) is 313 cm³/mol. The monoisotopic (exact) mass is 1120 g/mol. The summed E-state index contributed by atoms with van der Waals surface area (Å²) in [5.74, 6) is 2.33. The van der Waals surface area contributed by atoms with E-state index in [9.17, 15) is 37.1 Å². The van der Waals surface area contributed by atoms with E-state index in [-0.39, 0.29) is 24.0 Å². The molecule has 0 radical (unpaired) electrons. The Morgan fingerprint density at radius 1 is 0.765 bits per heavy atom. The number of likely N-dealkylation sites (tertiary alicyclic amines) is 1. The number of fused-ring (bicyclic) bond motifs is 1. The summed E-state index contributed by atoms with van der Waals surface area (Å²) in [5, 5.41) is 10.6. The van der Waals surface area contributed by atoms with Gasteiger partial charge in [0.05, 0.1) is 22.8 Å². The number of nitrogens with one attached hydrogen (secondary N) is 1. The summed E-state index contributed by atoms with van der Waals surface area (Å²) in [4.78, 5) is 70.3. The Bertz CT molecular complexity index is 3030. The Morgan fingerprint density at radius 3 is 1.99 bits per heavy atom. The molecule has 1 saturated carbocycles. The van der Waals surface area contributed by atoms with Crippen molar-refractivity contribution in [2.75, 3.05) is 83.3 Å². The molecule has 81 heavy (non-hydrogen) atoms. The zero-order chi connectivity index (χ0) is 58.1. The molecule has 19 heteroatoms. The molecule has 0 spiro atoms. The van der Waals surface area contributed by atoms with Crippen molar-refractivity contribution < 1.29 is 32.3 Å². The summed E-state index contributed by atoms with van der Waals surface area (Å²) >= 11 is 0. The first-order valence-corrected chi connectivity index (χ1v) is 28.8. The number of amides is 1. The van der Waals surface area contributed by atoms with Crippen molar-refractivity contribution >= 4 is 41.7 Å². The van der Waals surface area contributed by atoms with E-state index in [1.165, 1.54) is 81.4 Å². The number of piperazine rings is 1. The standard InChI is InChI=1S/C30H28F3N7O2.C26H40N4O3.C4H8.C2H6/c1-36-20-34-35-28(36)15-22-3-2-4-25(13-22)39-18-27-26(30(31,32)33)14-23(17-40(27)29(39)42)16-37-9-11-38(12-10-37)24-7-5-21(19-41)6-8-24;1-27-26(33)7-6-25(19-32)29(3)17-23-16-24(5-4-22(23)18-31)30-14-10-21(11-15-30)20-8-12-28(2)13-9-20;1-2-4-3-1;1-2/h2-8,13-14,17-20H,9-12,15-16H2,1H3;4-5,16,18-21,25H,6-15,17H2,1-3H3,(H,27,33);1-4H2;1-2H3. The van der Waals surface area contributed by atoms with Crippen molar-refractivity contribution in [3.05, 3.63) is 141 Å². The van der Waals surface area contributed by atoms with Crippen LogP contribution in [0.5, 0.6) is 0 Å². The normalized spacial score (nSPS) is 16.7. The number of benzene rings is 3. The van der Waals surface area contributed by atoms with Crippen LogP contribution in [0.2, 0.25) is 0 Å². The number of hydrogen-bond acceptors (Lipinski definition) is 12. The maximum absolute atomic E-state index is 14.2. The van der Waals surface area contributed by atoms with Gasteiger partial charge >= 0.3 is 11.9 Å². The predicted octanol–water partition coefficient (Wildman–Crippen LogP) is 9.13. The van der Waals surface area contributed by atoms with Crippen molar-refractivity contribution in [2.45, 2.75) is 110 Å². The van der Waals surface area contributed by atoms with Crippen LogP contribution in [0, 0.1) is 11.8 Å². The summed E-state index contributed by atoms with van der Waals surface area (Å²) in [6.45, 7) is 12.0. The molecule has 0 bridgehead atoms. The van der Waals surface area contributed by atoms with Crippen molar-refractivity contribution in [1.82, 2.24) is 43.7 Å². The Balaban J connectivity index is 0.000000217. The van der Waals surface area contributed by atoms with Crippen LogP contribution >= 0.6 is 0 Å². The van der Waals surface area contributed by atoms with Gasteiger partial charge in [-0.05, 0) is 148 Å². The molecule has 4 aliphatic rings. The molecule has 1 unspecified atom stereocenters. The molecule has 436 valence electrons. The number of aryl methyl sites for hydroxylation is 1. The minimum atomic E-state index is -4.64. The molecule has 6 heterocycles. The van der Waals surface area contributed by atoms with Crippen LogP contribution in [-0.4, -0.2) is 143 Å². The molecule has 10 rings (SSSR count). The average molecular weight is 1120 g/mol. The van der Waals surface area contributed by atoms with Gasteiger partial charge in [0.1, 0.15) is 31.0 Å². The number of imidazole rings is 1. The molecule has 1 amide bonds. The third-order valence-electron chi connectivity index (χ3n) is 16.3. The number of nitrogens with zero attached hydrogens (tertiary/aromatic N) is 10. The third kappa shape index (κ3) is 16.6. The highest BCUT2D eigenvalue weighted by atomic mass is 19.4. The van der Waals surface area contributed by atoms with Gasteiger partial charge < -0.3 is 29.4 Å². The van der Waals surface area contributed by atoms with Crippen LogP contribution < -0.4 is 20.8 Å². The number of hydrogen-bond donors (Lipinski definition) is 1. The van der Waals surface area contributed by atoms with E-state index >= 15 is 0 Å². The van der Waals surface area contributed by atoms with E-state index in [4.69, 9.17) is 0 Å². The van der Waals surface area contributed by atoms with Gasteiger partial charge in [-0.25, -0.2) is 4.79 Å². The highest BCUT2D eigenvalue weighted by molar-refractivity contribution is 5.79. The summed E-state index contributed by atoms with van der Waals surface area (Å²) in [7, 11) is 7.52. The number of anilines is 2. The van der Waals surface area contributed by atoms with Crippen molar-refractivity contribution in [2.24, 2.45) is 18.9 Å². The van der Waals surface area contributed by atoms with Crippen molar-refractivity contribution in [1.29, 1.82) is 0 Å². The van der Waals surface area contributed by atoms with Crippen LogP contribution in [0.15, 0.2) is 96.3 Å². The number of alkyl halides is 3. The van der Waals surface area contributed by atoms with Crippen LogP contribution in [0.3, 0.4) is 0 Å². The lowest BCUT2D eigenvalue weighted by Crippen LogP contribution is -2.46. The topological polar surface area (TPSA) is 154 Å². The number of likely N-dealkylation sites (N-methyl/N-ethyl adjacent to an activating group) is 1. The molecule has 16 nitrogen and oxygen atoms in total. The zero-order valence-corrected chi connectivity index (χ0v) is 48.1. The molecular weight excluding hydrogens is 1040 g/mol. The molecule has 1 aliphatic carbocycles. The first-order valence-electron chi connectivity index (χ1n) is 28.8. The first kappa shape index (κ1) is 61.7. The van der Waals surface area contributed by atoms with Gasteiger partial charge in [0.15, 0.2) is 0 Å². The highest BCUT2D eigenvalue weighted by Gasteiger charge is 2.35. The number of halogens is 3. The minimum absolute atomic E-state index is 0.0746. The summed E-state index contributed by atoms with van der Waals surface area (Å²) in [6.07, 6.45) is 14.6. The molecular formula is C62H82F3N11O5. The van der Waals surface area contributed by atoms with E-state index in [0.29, 0.717) is 74.4 Å². The van der Waals surface area contributed by atoms with Crippen molar-refractivity contribution in [3.63, 3.8) is 0 Å². The van der Waals surface area contributed by atoms with E-state index < -0.39 is 17.4 Å². The fraction of sp³-hybridized carbons (Fsp3) is 0.500. The first-order chi connectivity index (χ1) is 39.1. The second-order valence-corrected chi connectivity index (χ2v) is 21.7. The SMILES string of the molecule is C1CCC1.CC.CNC(=O)CCC(C=O)N(C)Cc1cc(N2CCC(C3CCN(C)CC3)CC2)ccc1C=O.Cn1cnnc1Cc1cccc(-n2cc3c(C(F)(F)F)cc(CN4CCN(c5ccc(C=O)cc5)CC4)cn3c2=O)c1. The second-order valence-electron chi connectivity index (χ2n) is 21.7. The third-order valence-corrected chi connectivity index (χ3v) is 16.3. The summed E-state index contributed by atoms with van der Waals surface area (Å²) in [6, 6.07) is 21.3. The Labute approximate surface area is 474 Å². The molecule has 1 atom stereocenters. The number of carbonyl (C=O) groups excluding carboxylic acids is 4. The van der Waals surface area contributed by atoms with E-state index in [1.54, 1.807) is 48.3 Å². The second kappa shape index (κ2) is 29.7. The number of aldehydes is 3. The zero-order valence-electron chi connectivity index (χ0n) is 48.1. The van der Waals surface area contributed by atoms with Crippen LogP contribution in [0.4, 0.5) is 24.5 Å². The lowest BCUT2D eigenvalue weighted by molar-refractivity contribution is -0.136. The number of pyridine rings is 1. The number of rotatable bonds is 17. The van der Waals surface area contributed by atoms with Gasteiger partial charge in [-0.3, -0.25) is 33.2 Å². The maximum atomic E-state index is 14.2. The average Bonchev–Trinajstić information content (AvgIpc) is 4.21. The van der Waals surface area contributed by atoms with E-state index in [2.05, 4.69) is 48.2 Å². The lowest BCUT2D eigenvalue weighted by Gasteiger charge is -2.40. The molecule has 4 fully saturated rings. The largest absolute Gasteiger partial charge is 0.418 e. The van der Waals surface area contributed by atoms with Gasteiger partial charge in [0, 0.05) is 114 Å². The van der Waals surface area contributed by atoms with Crippen LogP contribution in [-0.2, 0) is 42.3 Å². The molecule has 3 aromatic carbocycles. The van der Waals surface area contributed by atoms with Gasteiger partial charge in [-0.15, -0.1) is 10.2 Å². The molecule has 3 saturated heterocycles. The fourth-order valence-corrected chi connectivity index (χ4v) is 11.0. The Hall–Kier alpha value is -6.96. The smallest absolute Gasteiger partial charge is 0.372 e. The van der Waals surface area contributed by atoms with Gasteiger partial charge in [-0.1, -0.05) is 51.7 Å².